The standard InChI is InChI=1S/C15H23F2N/c1-4-8-18-9-7-15(2,3)11-12-5-6-13(16)14(17)10-12/h5-6,10,18H,4,7-9,11H2,1-3H3. The summed E-state index contributed by atoms with van der Waals surface area (Å²) in [6.45, 7) is 8.44. The lowest BCUT2D eigenvalue weighted by Gasteiger charge is -2.25. The molecule has 102 valence electrons. The smallest absolute Gasteiger partial charge is 0.159 e. The minimum atomic E-state index is -0.777. The molecule has 1 aromatic carbocycles. The summed E-state index contributed by atoms with van der Waals surface area (Å²) in [5, 5.41) is 3.36. The summed E-state index contributed by atoms with van der Waals surface area (Å²) < 4.78 is 26.0. The number of hydrogen-bond acceptors (Lipinski definition) is 1. The monoisotopic (exact) mass is 255 g/mol. The number of halogens is 2. The Kier molecular flexibility index (Phi) is 5.73. The summed E-state index contributed by atoms with van der Waals surface area (Å²) in [5.41, 5.74) is 0.944. The van der Waals surface area contributed by atoms with Gasteiger partial charge in [0.05, 0.1) is 0 Å². The molecule has 1 nitrogen and oxygen atoms in total. The summed E-state index contributed by atoms with van der Waals surface area (Å²) in [4.78, 5) is 0. The van der Waals surface area contributed by atoms with Gasteiger partial charge >= 0.3 is 0 Å². The highest BCUT2D eigenvalue weighted by molar-refractivity contribution is 5.19. The van der Waals surface area contributed by atoms with E-state index < -0.39 is 11.6 Å². The zero-order valence-corrected chi connectivity index (χ0v) is 11.5. The lowest BCUT2D eigenvalue weighted by atomic mass is 9.82. The lowest BCUT2D eigenvalue weighted by molar-refractivity contribution is 0.325. The molecule has 0 saturated heterocycles. The van der Waals surface area contributed by atoms with Crippen molar-refractivity contribution < 1.29 is 8.78 Å². The Bertz CT molecular complexity index is 375. The maximum absolute atomic E-state index is 13.1. The molecule has 0 aliphatic carbocycles. The van der Waals surface area contributed by atoms with Crippen molar-refractivity contribution in [2.75, 3.05) is 13.1 Å². The third-order valence-corrected chi connectivity index (χ3v) is 3.07. The van der Waals surface area contributed by atoms with Crippen molar-refractivity contribution in [3.05, 3.63) is 35.4 Å². The topological polar surface area (TPSA) is 12.0 Å². The molecule has 1 N–H and O–H groups in total. The lowest BCUT2D eigenvalue weighted by Crippen LogP contribution is -2.24. The summed E-state index contributed by atoms with van der Waals surface area (Å²) >= 11 is 0. The van der Waals surface area contributed by atoms with E-state index >= 15 is 0 Å². The average molecular weight is 255 g/mol. The predicted molar refractivity (Wildman–Crippen MR) is 71.6 cm³/mol. The molecule has 0 spiro atoms. The second-order valence-corrected chi connectivity index (χ2v) is 5.59. The first-order valence-electron chi connectivity index (χ1n) is 6.59. The van der Waals surface area contributed by atoms with Crippen LogP contribution in [0.4, 0.5) is 8.78 Å². The van der Waals surface area contributed by atoms with Gasteiger partial charge in [0.1, 0.15) is 0 Å². The van der Waals surface area contributed by atoms with E-state index in [2.05, 4.69) is 26.1 Å². The Morgan fingerprint density at radius 1 is 1.11 bits per heavy atom. The fourth-order valence-electron chi connectivity index (χ4n) is 2.02. The van der Waals surface area contributed by atoms with E-state index in [1.165, 1.54) is 12.1 Å². The summed E-state index contributed by atoms with van der Waals surface area (Å²) in [7, 11) is 0. The van der Waals surface area contributed by atoms with E-state index in [9.17, 15) is 8.78 Å². The fourth-order valence-corrected chi connectivity index (χ4v) is 2.02. The van der Waals surface area contributed by atoms with Gasteiger partial charge in [-0.05, 0) is 55.5 Å². The van der Waals surface area contributed by atoms with Gasteiger partial charge in [0.15, 0.2) is 11.6 Å². The zero-order valence-electron chi connectivity index (χ0n) is 11.5. The number of nitrogens with one attached hydrogen (secondary N) is 1. The Morgan fingerprint density at radius 3 is 2.44 bits per heavy atom. The second-order valence-electron chi connectivity index (χ2n) is 5.59. The molecule has 0 bridgehead atoms. The van der Waals surface area contributed by atoms with Gasteiger partial charge in [-0.15, -0.1) is 0 Å². The Balaban J connectivity index is 2.50. The van der Waals surface area contributed by atoms with Gasteiger partial charge in [0, 0.05) is 0 Å². The number of hydrogen-bond donors (Lipinski definition) is 1. The van der Waals surface area contributed by atoms with Crippen LogP contribution in [0.15, 0.2) is 18.2 Å². The second kappa shape index (κ2) is 6.83. The van der Waals surface area contributed by atoms with Crippen LogP contribution in [0.1, 0.15) is 39.2 Å². The molecular formula is C15H23F2N. The first-order valence-corrected chi connectivity index (χ1v) is 6.59. The minimum absolute atomic E-state index is 0.0883. The van der Waals surface area contributed by atoms with Crippen molar-refractivity contribution in [3.8, 4) is 0 Å². The van der Waals surface area contributed by atoms with Crippen molar-refractivity contribution in [1.82, 2.24) is 5.32 Å². The van der Waals surface area contributed by atoms with Crippen LogP contribution in [0.2, 0.25) is 0 Å². The van der Waals surface area contributed by atoms with Crippen LogP contribution < -0.4 is 5.32 Å². The molecular weight excluding hydrogens is 232 g/mol. The van der Waals surface area contributed by atoms with Gasteiger partial charge in [-0.1, -0.05) is 26.8 Å². The van der Waals surface area contributed by atoms with Crippen LogP contribution >= 0.6 is 0 Å². The molecule has 0 fully saturated rings. The molecule has 0 atom stereocenters. The first-order chi connectivity index (χ1) is 8.44. The van der Waals surface area contributed by atoms with Crippen LogP contribution in [-0.4, -0.2) is 13.1 Å². The number of benzene rings is 1. The van der Waals surface area contributed by atoms with E-state index in [0.717, 1.165) is 37.9 Å². The maximum atomic E-state index is 13.1. The summed E-state index contributed by atoms with van der Waals surface area (Å²) in [5.74, 6) is -1.53. The van der Waals surface area contributed by atoms with E-state index in [1.807, 2.05) is 0 Å². The maximum Gasteiger partial charge on any atom is 0.159 e. The molecule has 0 aliphatic rings. The summed E-state index contributed by atoms with van der Waals surface area (Å²) in [6, 6.07) is 4.17. The van der Waals surface area contributed by atoms with E-state index in [4.69, 9.17) is 0 Å². The molecule has 0 unspecified atom stereocenters. The third-order valence-electron chi connectivity index (χ3n) is 3.07. The molecule has 3 heteroatoms. The normalized spacial score (nSPS) is 11.8. The van der Waals surface area contributed by atoms with Gasteiger partial charge in [-0.2, -0.15) is 0 Å². The SMILES string of the molecule is CCCNCCC(C)(C)Cc1ccc(F)c(F)c1. The van der Waals surface area contributed by atoms with E-state index in [1.54, 1.807) is 6.07 Å². The first kappa shape index (κ1) is 15.1. The Morgan fingerprint density at radius 2 is 1.83 bits per heavy atom. The van der Waals surface area contributed by atoms with Crippen molar-refractivity contribution in [2.45, 2.75) is 40.0 Å². The van der Waals surface area contributed by atoms with Crippen molar-refractivity contribution in [1.29, 1.82) is 0 Å². The highest BCUT2D eigenvalue weighted by Gasteiger charge is 2.18. The van der Waals surface area contributed by atoms with Crippen molar-refractivity contribution >= 4 is 0 Å². The van der Waals surface area contributed by atoms with Gasteiger partial charge < -0.3 is 5.32 Å². The zero-order chi connectivity index (χ0) is 13.6. The van der Waals surface area contributed by atoms with Gasteiger partial charge in [0.2, 0.25) is 0 Å². The molecule has 0 aromatic heterocycles. The molecule has 0 aliphatic heterocycles. The molecule has 0 radical (unpaired) electrons. The van der Waals surface area contributed by atoms with Gasteiger partial charge in [-0.3, -0.25) is 0 Å². The van der Waals surface area contributed by atoms with E-state index in [0.29, 0.717) is 0 Å². The molecule has 0 amide bonds. The summed E-state index contributed by atoms with van der Waals surface area (Å²) in [6.07, 6.45) is 2.91. The molecule has 1 aromatic rings. The Labute approximate surface area is 109 Å². The third kappa shape index (κ3) is 5.13. The molecule has 18 heavy (non-hydrogen) atoms. The van der Waals surface area contributed by atoms with Crippen LogP contribution in [0.5, 0.6) is 0 Å². The fraction of sp³-hybridized carbons (Fsp3) is 0.600. The Hall–Kier alpha value is -0.960. The van der Waals surface area contributed by atoms with Crippen LogP contribution in [0.3, 0.4) is 0 Å². The van der Waals surface area contributed by atoms with Gasteiger partial charge in [0.25, 0.3) is 0 Å². The predicted octanol–water partition coefficient (Wildman–Crippen LogP) is 3.92. The molecule has 0 saturated carbocycles. The number of rotatable bonds is 7. The van der Waals surface area contributed by atoms with E-state index in [-0.39, 0.29) is 5.41 Å². The van der Waals surface area contributed by atoms with Gasteiger partial charge in [-0.25, -0.2) is 8.78 Å². The van der Waals surface area contributed by atoms with Crippen LogP contribution in [-0.2, 0) is 6.42 Å². The quantitative estimate of drug-likeness (QED) is 0.728. The molecule has 1 rings (SSSR count). The average Bonchev–Trinajstić information content (AvgIpc) is 2.29. The van der Waals surface area contributed by atoms with Crippen LogP contribution in [0, 0.1) is 17.0 Å². The molecule has 0 heterocycles. The van der Waals surface area contributed by atoms with Crippen molar-refractivity contribution in [3.63, 3.8) is 0 Å². The van der Waals surface area contributed by atoms with Crippen molar-refractivity contribution in [2.24, 2.45) is 5.41 Å². The highest BCUT2D eigenvalue weighted by Crippen LogP contribution is 2.26. The largest absolute Gasteiger partial charge is 0.317 e. The van der Waals surface area contributed by atoms with Crippen LogP contribution in [0.25, 0.3) is 0 Å². The minimum Gasteiger partial charge on any atom is -0.317 e. The highest BCUT2D eigenvalue weighted by atomic mass is 19.2.